The Morgan fingerprint density at radius 2 is 2.25 bits per heavy atom. The van der Waals surface area contributed by atoms with Gasteiger partial charge in [-0.2, -0.15) is 0 Å². The van der Waals surface area contributed by atoms with Gasteiger partial charge in [-0.3, -0.25) is 4.79 Å². The summed E-state index contributed by atoms with van der Waals surface area (Å²) in [6.45, 7) is -0.627. The number of carbonyl (C=O) groups is 1. The Morgan fingerprint density at radius 1 is 1.54 bits per heavy atom. The van der Waals surface area contributed by atoms with E-state index in [1.54, 1.807) is 30.0 Å². The molecular weight excluding hydrogens is 592 g/mol. The fourth-order valence-corrected chi connectivity index (χ4v) is 3.47. The van der Waals surface area contributed by atoms with Crippen molar-refractivity contribution in [1.82, 2.24) is 4.90 Å². The molecule has 1 aliphatic rings. The number of carbonyl (C=O) groups excluding carboxylic acids is 1. The maximum atomic E-state index is 12.8. The van der Waals surface area contributed by atoms with Crippen molar-refractivity contribution < 1.29 is 51.0 Å². The summed E-state index contributed by atoms with van der Waals surface area (Å²) in [6.07, 6.45) is 2.82. The van der Waals surface area contributed by atoms with Gasteiger partial charge in [0.05, 0.1) is 10.5 Å². The van der Waals surface area contributed by atoms with E-state index in [-0.39, 0.29) is 42.5 Å². The summed E-state index contributed by atoms with van der Waals surface area (Å²) in [5.74, 6) is 0.881. The molecule has 9 heteroatoms. The minimum atomic E-state index is -2.60. The quantitative estimate of drug-likeness (QED) is 0.206. The Kier molecular flexibility index (Phi) is 10.3. The predicted octanol–water partition coefficient (Wildman–Crippen LogP) is 4.59. The smallest absolute Gasteiger partial charge is 0.256 e. The summed E-state index contributed by atoms with van der Waals surface area (Å²) in [6, 6.07) is 5.27. The Balaban J connectivity index is 0.00000288. The largest absolute Gasteiger partial charge is 0.483 e. The molecule has 0 saturated carbocycles. The van der Waals surface area contributed by atoms with Crippen LogP contribution >= 0.6 is 50.3 Å². The summed E-state index contributed by atoms with van der Waals surface area (Å²) >= 11 is 6.94. The molecule has 0 bridgehead atoms. The van der Waals surface area contributed by atoms with Crippen molar-refractivity contribution in [3.8, 4) is 5.75 Å². The van der Waals surface area contributed by atoms with Gasteiger partial charge in [0.2, 0.25) is 5.91 Å². The number of alkyl halides is 3. The van der Waals surface area contributed by atoms with Gasteiger partial charge in [0, 0.05) is 32.7 Å². The standard InChI is InChI=1S/C15H14BrF2INO2S.Y/c1-23-8-22-9-2-3-10(11(16)6-9)13-5-4-12(19)15(21)20(13)7-14(17)18;/h2-3,6,12,14H,4,7-8H2,1H3;/q-1;. The van der Waals surface area contributed by atoms with Crippen LogP contribution < -0.4 is 4.74 Å². The zero-order valence-corrected chi connectivity index (χ0v) is 20.2. The molecule has 1 aromatic rings. The van der Waals surface area contributed by atoms with Gasteiger partial charge in [-0.05, 0) is 18.4 Å². The fraction of sp³-hybridized carbons (Fsp3) is 0.400. The molecule has 0 aromatic heterocycles. The van der Waals surface area contributed by atoms with Gasteiger partial charge in [0.1, 0.15) is 11.7 Å². The van der Waals surface area contributed by atoms with Crippen LogP contribution in [0.5, 0.6) is 5.75 Å². The van der Waals surface area contributed by atoms with Crippen LogP contribution in [0.4, 0.5) is 8.78 Å². The molecule has 0 N–H and O–H groups in total. The van der Waals surface area contributed by atoms with Crippen molar-refractivity contribution >= 4 is 61.9 Å². The normalized spacial score (nSPS) is 17.6. The van der Waals surface area contributed by atoms with Crippen LogP contribution in [0.25, 0.3) is 5.70 Å². The molecule has 0 spiro atoms. The van der Waals surface area contributed by atoms with Gasteiger partial charge in [0.25, 0.3) is 6.43 Å². The number of allylic oxidation sites excluding steroid dienone is 1. The van der Waals surface area contributed by atoms with Gasteiger partial charge in [-0.25, -0.2) is 14.9 Å². The molecular formula is C15H14BrF2INO2SY-. The number of halogens is 4. The summed E-state index contributed by atoms with van der Waals surface area (Å²) in [4.78, 5) is 13.4. The molecule has 0 saturated heterocycles. The third kappa shape index (κ3) is 5.89. The number of benzene rings is 1. The van der Waals surface area contributed by atoms with E-state index < -0.39 is 13.0 Å². The summed E-state index contributed by atoms with van der Waals surface area (Å²) in [5, 5.41) is 0. The first kappa shape index (κ1) is 22.8. The minimum absolute atomic E-state index is 0. The van der Waals surface area contributed by atoms with Crippen LogP contribution in [-0.4, -0.2) is 39.9 Å². The van der Waals surface area contributed by atoms with E-state index in [0.717, 1.165) is 4.90 Å². The third-order valence-electron chi connectivity index (χ3n) is 3.11. The predicted molar refractivity (Wildman–Crippen MR) is 99.9 cm³/mol. The monoisotopic (exact) mass is 605 g/mol. The maximum Gasteiger partial charge on any atom is 0.256 e. The van der Waals surface area contributed by atoms with Crippen molar-refractivity contribution in [2.75, 3.05) is 18.7 Å². The van der Waals surface area contributed by atoms with Gasteiger partial charge < -0.3 is 9.64 Å². The molecule has 1 heterocycles. The summed E-state index contributed by atoms with van der Waals surface area (Å²) in [7, 11) is 0. The van der Waals surface area contributed by atoms with Crippen LogP contribution in [0.15, 0.2) is 22.7 Å². The van der Waals surface area contributed by atoms with Crippen molar-refractivity contribution in [1.29, 1.82) is 0 Å². The molecule has 0 aliphatic carbocycles. The zero-order chi connectivity index (χ0) is 17.0. The fourth-order valence-electron chi connectivity index (χ4n) is 2.11. The van der Waals surface area contributed by atoms with E-state index in [2.05, 4.69) is 22.0 Å². The molecule has 1 amide bonds. The number of thioether (sulfide) groups is 1. The van der Waals surface area contributed by atoms with Crippen LogP contribution in [0.2, 0.25) is 0 Å². The Bertz CT molecular complexity index is 621. The average molecular weight is 606 g/mol. The second kappa shape index (κ2) is 10.8. The van der Waals surface area contributed by atoms with Crippen LogP contribution in [-0.2, 0) is 37.5 Å². The van der Waals surface area contributed by atoms with E-state index in [4.69, 9.17) is 4.74 Å². The molecule has 129 valence electrons. The molecule has 1 aromatic carbocycles. The first-order chi connectivity index (χ1) is 10.9. The topological polar surface area (TPSA) is 29.5 Å². The van der Waals surface area contributed by atoms with E-state index in [0.29, 0.717) is 33.8 Å². The van der Waals surface area contributed by atoms with Crippen molar-refractivity contribution in [2.45, 2.75) is 16.8 Å². The number of hydrogen-bond acceptors (Lipinski definition) is 3. The van der Waals surface area contributed by atoms with E-state index in [1.165, 1.54) is 0 Å². The molecule has 0 fully saturated rings. The first-order valence-corrected chi connectivity index (χ1v) is 10.1. The van der Waals surface area contributed by atoms with Gasteiger partial charge in [0.15, 0.2) is 0 Å². The number of ether oxygens (including phenoxy) is 1. The third-order valence-corrected chi connectivity index (χ3v) is 5.10. The summed E-state index contributed by atoms with van der Waals surface area (Å²) in [5.41, 5.74) is 1.05. The number of amides is 1. The van der Waals surface area contributed by atoms with Gasteiger partial charge >= 0.3 is 0 Å². The van der Waals surface area contributed by atoms with Crippen LogP contribution in [0.3, 0.4) is 0 Å². The molecule has 24 heavy (non-hydrogen) atoms. The average Bonchev–Trinajstić information content (AvgIpc) is 2.50. The molecule has 1 radical (unpaired) electrons. The van der Waals surface area contributed by atoms with Crippen molar-refractivity contribution in [2.24, 2.45) is 0 Å². The van der Waals surface area contributed by atoms with Gasteiger partial charge in [-0.1, -0.05) is 49.4 Å². The van der Waals surface area contributed by atoms with Gasteiger partial charge in [-0.15, -0.1) is 29.1 Å². The van der Waals surface area contributed by atoms with E-state index >= 15 is 0 Å². The molecule has 3 nitrogen and oxygen atoms in total. The first-order valence-electron chi connectivity index (χ1n) is 6.70. The second-order valence-corrected chi connectivity index (χ2v) is 7.90. The number of nitrogens with zero attached hydrogens (tertiary/aromatic N) is 1. The Hall–Kier alpha value is 0.754. The Labute approximate surface area is 191 Å². The minimum Gasteiger partial charge on any atom is -0.483 e. The summed E-state index contributed by atoms with van der Waals surface area (Å²) < 4.78 is 31.5. The van der Waals surface area contributed by atoms with Crippen LogP contribution in [0.1, 0.15) is 12.0 Å². The maximum absolute atomic E-state index is 12.8. The zero-order valence-electron chi connectivity index (χ0n) is 12.8. The van der Waals surface area contributed by atoms with E-state index in [1.807, 2.05) is 28.8 Å². The second-order valence-electron chi connectivity index (χ2n) is 4.73. The van der Waals surface area contributed by atoms with Crippen molar-refractivity contribution in [3.63, 3.8) is 0 Å². The number of rotatable bonds is 6. The number of hydrogen-bond donors (Lipinski definition) is 0. The molecule has 2 rings (SSSR count). The molecule has 1 aliphatic heterocycles. The Morgan fingerprint density at radius 3 is 2.83 bits per heavy atom. The SMILES string of the molecule is CSCOc1ccc(C2=[C-]CC(I)C(=O)N2CC(F)F)c(Br)c1.[Y]. The molecule has 1 atom stereocenters. The molecule has 1 unspecified atom stereocenters. The van der Waals surface area contributed by atoms with Crippen LogP contribution in [0, 0.1) is 6.08 Å². The van der Waals surface area contributed by atoms with E-state index in [9.17, 15) is 13.6 Å². The van der Waals surface area contributed by atoms with Crippen molar-refractivity contribution in [3.05, 3.63) is 34.3 Å².